The number of carbonyl (C=O) groups excluding carboxylic acids is 1. The third-order valence-corrected chi connectivity index (χ3v) is 3.61. The molecule has 2 N–H and O–H groups in total. The van der Waals surface area contributed by atoms with Crippen LogP contribution >= 0.6 is 0 Å². The van der Waals surface area contributed by atoms with Crippen LogP contribution in [0, 0.1) is 11.8 Å². The van der Waals surface area contributed by atoms with Crippen LogP contribution in [0.1, 0.15) is 12.7 Å². The summed E-state index contributed by atoms with van der Waals surface area (Å²) in [7, 11) is 1.86. The van der Waals surface area contributed by atoms with E-state index in [0.717, 1.165) is 5.82 Å². The maximum Gasteiger partial charge on any atom is 0.317 e. The maximum atomic E-state index is 11.8. The molecule has 104 valence electrons. The third-order valence-electron chi connectivity index (χ3n) is 3.61. The van der Waals surface area contributed by atoms with Gasteiger partial charge < -0.3 is 19.9 Å². The Balaban J connectivity index is 1.75. The van der Waals surface area contributed by atoms with E-state index in [9.17, 15) is 9.59 Å². The molecule has 1 fully saturated rings. The molecule has 0 bridgehead atoms. The number of hydrogen-bond donors (Lipinski definition) is 2. The van der Waals surface area contributed by atoms with E-state index in [1.54, 1.807) is 18.0 Å². The lowest BCUT2D eigenvalue weighted by Gasteiger charge is -2.40. The molecule has 1 saturated heterocycles. The summed E-state index contributed by atoms with van der Waals surface area (Å²) in [5.41, 5.74) is 0. The number of nitrogens with zero attached hydrogens (tertiary/aromatic N) is 3. The van der Waals surface area contributed by atoms with Crippen LogP contribution in [0.2, 0.25) is 0 Å². The minimum atomic E-state index is -0.807. The number of urea groups is 1. The van der Waals surface area contributed by atoms with Gasteiger partial charge in [-0.3, -0.25) is 4.79 Å². The highest BCUT2D eigenvalue weighted by atomic mass is 16.4. The van der Waals surface area contributed by atoms with E-state index in [2.05, 4.69) is 10.3 Å². The number of nitrogens with one attached hydrogen (secondary N) is 1. The van der Waals surface area contributed by atoms with Crippen molar-refractivity contribution in [3.8, 4) is 0 Å². The Bertz CT molecular complexity index is 479. The van der Waals surface area contributed by atoms with Crippen LogP contribution < -0.4 is 5.32 Å². The summed E-state index contributed by atoms with van der Waals surface area (Å²) in [6.45, 7) is 3.05. The number of likely N-dealkylation sites (tertiary alicyclic amines) is 1. The molecule has 0 saturated carbocycles. The largest absolute Gasteiger partial charge is 0.481 e. The number of carbonyl (C=O) groups is 2. The number of aryl methyl sites for hydroxylation is 1. The molecule has 1 aromatic rings. The van der Waals surface area contributed by atoms with Crippen LogP contribution in [-0.4, -0.2) is 44.6 Å². The summed E-state index contributed by atoms with van der Waals surface area (Å²) in [5.74, 6) is -0.377. The van der Waals surface area contributed by atoms with E-state index < -0.39 is 11.9 Å². The summed E-state index contributed by atoms with van der Waals surface area (Å²) < 4.78 is 1.84. The summed E-state index contributed by atoms with van der Waals surface area (Å²) in [4.78, 5) is 28.3. The molecule has 2 rings (SSSR count). The molecule has 7 heteroatoms. The van der Waals surface area contributed by atoms with Crippen molar-refractivity contribution in [2.45, 2.75) is 13.5 Å². The van der Waals surface area contributed by atoms with E-state index in [1.807, 2.05) is 17.8 Å². The highest BCUT2D eigenvalue weighted by Gasteiger charge is 2.37. The first-order valence-corrected chi connectivity index (χ1v) is 6.21. The Morgan fingerprint density at radius 2 is 2.26 bits per heavy atom. The normalized spacial score (nSPS) is 16.8. The second kappa shape index (κ2) is 5.29. The van der Waals surface area contributed by atoms with Gasteiger partial charge in [-0.05, 0) is 0 Å². The molecular weight excluding hydrogens is 248 g/mol. The molecule has 0 radical (unpaired) electrons. The van der Waals surface area contributed by atoms with Gasteiger partial charge in [0.15, 0.2) is 0 Å². The van der Waals surface area contributed by atoms with E-state index >= 15 is 0 Å². The van der Waals surface area contributed by atoms with E-state index in [1.165, 1.54) is 0 Å². The average molecular weight is 266 g/mol. The molecule has 1 aliphatic heterocycles. The zero-order valence-corrected chi connectivity index (χ0v) is 11.0. The number of aliphatic carboxylic acids is 1. The van der Waals surface area contributed by atoms with Crippen LogP contribution in [0.4, 0.5) is 4.79 Å². The van der Waals surface area contributed by atoms with Gasteiger partial charge in [0.05, 0.1) is 12.5 Å². The van der Waals surface area contributed by atoms with Gasteiger partial charge in [-0.15, -0.1) is 0 Å². The first-order valence-electron chi connectivity index (χ1n) is 6.21. The van der Waals surface area contributed by atoms with Crippen LogP contribution in [0.5, 0.6) is 0 Å². The van der Waals surface area contributed by atoms with Gasteiger partial charge >= 0.3 is 12.0 Å². The molecule has 2 heterocycles. The molecule has 2 amide bonds. The minimum absolute atomic E-state index is 0.0522. The summed E-state index contributed by atoms with van der Waals surface area (Å²) in [6, 6.07) is -0.170. The van der Waals surface area contributed by atoms with Gasteiger partial charge in [0.2, 0.25) is 0 Å². The highest BCUT2D eigenvalue weighted by Crippen LogP contribution is 2.23. The molecule has 1 atom stereocenters. The van der Waals surface area contributed by atoms with Gasteiger partial charge in [0.25, 0.3) is 0 Å². The van der Waals surface area contributed by atoms with Crippen molar-refractivity contribution in [2.75, 3.05) is 13.1 Å². The average Bonchev–Trinajstić information content (AvgIpc) is 2.70. The molecule has 7 nitrogen and oxygen atoms in total. The smallest absolute Gasteiger partial charge is 0.317 e. The van der Waals surface area contributed by atoms with Crippen LogP contribution in [-0.2, 0) is 18.4 Å². The third kappa shape index (κ3) is 2.86. The number of carboxylic acid groups (broad SMARTS) is 1. The molecule has 1 aromatic heterocycles. The fourth-order valence-corrected chi connectivity index (χ4v) is 2.03. The molecule has 0 aromatic carbocycles. The number of rotatable bonds is 4. The van der Waals surface area contributed by atoms with Gasteiger partial charge in [0.1, 0.15) is 5.82 Å². The lowest BCUT2D eigenvalue weighted by molar-refractivity contribution is -0.144. The Kier molecular flexibility index (Phi) is 3.73. The number of carboxylic acids is 1. The standard InChI is InChI=1S/C12H18N4O3/c1-8(11(17)18)9-6-16(7-9)12(19)14-5-10-13-3-4-15(10)2/h3-4,8-9H,5-7H2,1-2H3,(H,14,19)(H,17,18). The zero-order chi connectivity index (χ0) is 14.0. The van der Waals surface area contributed by atoms with Crippen LogP contribution in [0.15, 0.2) is 12.4 Å². The Morgan fingerprint density at radius 3 is 2.79 bits per heavy atom. The fraction of sp³-hybridized carbons (Fsp3) is 0.583. The predicted octanol–water partition coefficient (Wildman–Crippen LogP) is 0.282. The van der Waals surface area contributed by atoms with Crippen LogP contribution in [0.25, 0.3) is 0 Å². The number of amides is 2. The number of hydrogen-bond acceptors (Lipinski definition) is 3. The first kappa shape index (κ1) is 13.4. The van der Waals surface area contributed by atoms with Gasteiger partial charge in [0, 0.05) is 38.4 Å². The molecule has 19 heavy (non-hydrogen) atoms. The maximum absolute atomic E-state index is 11.8. The van der Waals surface area contributed by atoms with Crippen molar-refractivity contribution >= 4 is 12.0 Å². The minimum Gasteiger partial charge on any atom is -0.481 e. The van der Waals surface area contributed by atoms with Crippen molar-refractivity contribution in [2.24, 2.45) is 18.9 Å². The van der Waals surface area contributed by atoms with E-state index in [4.69, 9.17) is 5.11 Å². The zero-order valence-electron chi connectivity index (χ0n) is 11.0. The molecule has 1 aliphatic rings. The fourth-order valence-electron chi connectivity index (χ4n) is 2.03. The Morgan fingerprint density at radius 1 is 1.58 bits per heavy atom. The Hall–Kier alpha value is -2.05. The number of imidazole rings is 1. The van der Waals surface area contributed by atoms with Crippen LogP contribution in [0.3, 0.4) is 0 Å². The second-order valence-electron chi connectivity index (χ2n) is 4.91. The lowest BCUT2D eigenvalue weighted by atomic mass is 9.87. The monoisotopic (exact) mass is 266 g/mol. The quantitative estimate of drug-likeness (QED) is 0.819. The van der Waals surface area contributed by atoms with Crippen molar-refractivity contribution in [3.63, 3.8) is 0 Å². The van der Waals surface area contributed by atoms with Gasteiger partial charge in [-0.25, -0.2) is 9.78 Å². The molecule has 0 spiro atoms. The lowest BCUT2D eigenvalue weighted by Crippen LogP contribution is -2.56. The van der Waals surface area contributed by atoms with E-state index in [0.29, 0.717) is 19.6 Å². The van der Waals surface area contributed by atoms with E-state index in [-0.39, 0.29) is 11.9 Å². The number of aromatic nitrogens is 2. The molecule has 0 aliphatic carbocycles. The molecular formula is C12H18N4O3. The SMILES string of the molecule is CC(C(=O)O)C1CN(C(=O)NCc2nccn2C)C1. The van der Waals surface area contributed by atoms with Crippen molar-refractivity contribution in [1.82, 2.24) is 19.8 Å². The molecule has 1 unspecified atom stereocenters. The summed E-state index contributed by atoms with van der Waals surface area (Å²) in [6.07, 6.45) is 3.49. The highest BCUT2D eigenvalue weighted by molar-refractivity contribution is 5.76. The van der Waals surface area contributed by atoms with Crippen molar-refractivity contribution in [1.29, 1.82) is 0 Å². The Labute approximate surface area is 111 Å². The topological polar surface area (TPSA) is 87.5 Å². The van der Waals surface area contributed by atoms with Gasteiger partial charge in [-0.2, -0.15) is 0 Å². The second-order valence-corrected chi connectivity index (χ2v) is 4.91. The summed E-state index contributed by atoms with van der Waals surface area (Å²) in [5, 5.41) is 11.6. The predicted molar refractivity (Wildman–Crippen MR) is 67.3 cm³/mol. The van der Waals surface area contributed by atoms with Gasteiger partial charge in [-0.1, -0.05) is 6.92 Å². The van der Waals surface area contributed by atoms with Crippen molar-refractivity contribution < 1.29 is 14.7 Å². The summed E-state index contributed by atoms with van der Waals surface area (Å²) >= 11 is 0. The van der Waals surface area contributed by atoms with Crippen molar-refractivity contribution in [3.05, 3.63) is 18.2 Å². The first-order chi connectivity index (χ1) is 8.99.